The van der Waals surface area contributed by atoms with Crippen molar-refractivity contribution in [3.63, 3.8) is 0 Å². The summed E-state index contributed by atoms with van der Waals surface area (Å²) in [5.41, 5.74) is -0.0877. The molecule has 0 bridgehead atoms. The lowest BCUT2D eigenvalue weighted by atomic mass is 9.89. The van der Waals surface area contributed by atoms with Crippen molar-refractivity contribution in [1.82, 2.24) is 10.6 Å². The average molecular weight is 266 g/mol. The van der Waals surface area contributed by atoms with Gasteiger partial charge in [0, 0.05) is 12.6 Å². The van der Waals surface area contributed by atoms with E-state index in [-0.39, 0.29) is 17.4 Å². The Morgan fingerprint density at radius 2 is 1.68 bits per heavy atom. The maximum Gasteiger partial charge on any atom is 0.317 e. The second-order valence-electron chi connectivity index (χ2n) is 5.77. The maximum atomic E-state index is 12.0. The molecule has 1 rings (SSSR count). The fourth-order valence-corrected chi connectivity index (χ4v) is 2.08. The van der Waals surface area contributed by atoms with E-state index in [2.05, 4.69) is 10.6 Å². The maximum absolute atomic E-state index is 12.0. The van der Waals surface area contributed by atoms with Gasteiger partial charge in [0.15, 0.2) is 11.5 Å². The molecule has 0 saturated carbocycles. The SMILES string of the molecule is COC1(NC(=O)NC(C)(C)C)C(C)=CC(=O)C=C1C. The van der Waals surface area contributed by atoms with Gasteiger partial charge in [0.05, 0.1) is 0 Å². The van der Waals surface area contributed by atoms with Crippen LogP contribution < -0.4 is 10.6 Å². The van der Waals surface area contributed by atoms with Gasteiger partial charge in [0.25, 0.3) is 0 Å². The summed E-state index contributed by atoms with van der Waals surface area (Å²) < 4.78 is 5.48. The zero-order chi connectivity index (χ0) is 14.8. The van der Waals surface area contributed by atoms with Crippen LogP contribution in [0.5, 0.6) is 0 Å². The lowest BCUT2D eigenvalue weighted by Gasteiger charge is -2.37. The number of nitrogens with one attached hydrogen (secondary N) is 2. The predicted octanol–water partition coefficient (Wildman–Crippen LogP) is 1.90. The molecule has 0 aromatic carbocycles. The first-order valence-corrected chi connectivity index (χ1v) is 6.18. The van der Waals surface area contributed by atoms with Crippen LogP contribution in [-0.2, 0) is 9.53 Å². The topological polar surface area (TPSA) is 67.4 Å². The summed E-state index contributed by atoms with van der Waals surface area (Å²) in [5.74, 6) is -0.0966. The molecule has 0 heterocycles. The third-order valence-electron chi connectivity index (χ3n) is 2.91. The Bertz CT molecular complexity index is 434. The van der Waals surface area contributed by atoms with Crippen LogP contribution in [0.1, 0.15) is 34.6 Å². The van der Waals surface area contributed by atoms with Gasteiger partial charge in [-0.05, 0) is 57.9 Å². The van der Waals surface area contributed by atoms with E-state index in [0.717, 1.165) is 0 Å². The fraction of sp³-hybridized carbons (Fsp3) is 0.571. The van der Waals surface area contributed by atoms with Crippen LogP contribution in [0.25, 0.3) is 0 Å². The minimum atomic E-state index is -1.05. The highest BCUT2D eigenvalue weighted by molar-refractivity contribution is 6.02. The van der Waals surface area contributed by atoms with Crippen molar-refractivity contribution >= 4 is 11.8 Å². The van der Waals surface area contributed by atoms with Crippen LogP contribution >= 0.6 is 0 Å². The number of rotatable bonds is 2. The molecule has 0 atom stereocenters. The van der Waals surface area contributed by atoms with Crippen molar-refractivity contribution in [2.45, 2.75) is 45.9 Å². The molecule has 0 unspecified atom stereocenters. The number of methoxy groups -OCH3 is 1. The van der Waals surface area contributed by atoms with Crippen molar-refractivity contribution in [3.8, 4) is 0 Å². The first-order chi connectivity index (χ1) is 8.60. The molecule has 106 valence electrons. The summed E-state index contributed by atoms with van der Waals surface area (Å²) in [6, 6.07) is -0.343. The number of ketones is 1. The van der Waals surface area contributed by atoms with Crippen molar-refractivity contribution in [2.24, 2.45) is 0 Å². The zero-order valence-corrected chi connectivity index (χ0v) is 12.4. The highest BCUT2D eigenvalue weighted by atomic mass is 16.5. The van der Waals surface area contributed by atoms with Crippen LogP contribution in [0, 0.1) is 0 Å². The number of hydrogen-bond donors (Lipinski definition) is 2. The van der Waals surface area contributed by atoms with Gasteiger partial charge in [-0.15, -0.1) is 0 Å². The van der Waals surface area contributed by atoms with Crippen molar-refractivity contribution in [2.75, 3.05) is 7.11 Å². The minimum absolute atomic E-state index is 0.0966. The second kappa shape index (κ2) is 5.17. The number of urea groups is 1. The van der Waals surface area contributed by atoms with Gasteiger partial charge < -0.3 is 15.4 Å². The smallest absolute Gasteiger partial charge is 0.317 e. The van der Waals surface area contributed by atoms with Crippen molar-refractivity contribution in [1.29, 1.82) is 0 Å². The molecule has 1 aliphatic rings. The van der Waals surface area contributed by atoms with Gasteiger partial charge >= 0.3 is 6.03 Å². The summed E-state index contributed by atoms with van der Waals surface area (Å²) in [6.45, 7) is 9.19. The highest BCUT2D eigenvalue weighted by Gasteiger charge is 2.39. The third-order valence-corrected chi connectivity index (χ3v) is 2.91. The molecule has 0 saturated heterocycles. The number of ether oxygens (including phenoxy) is 1. The number of carbonyl (C=O) groups excluding carboxylic acids is 2. The van der Waals surface area contributed by atoms with E-state index in [1.807, 2.05) is 20.8 Å². The quantitative estimate of drug-likeness (QED) is 0.750. The van der Waals surface area contributed by atoms with Gasteiger partial charge in [-0.3, -0.25) is 4.79 Å². The lowest BCUT2D eigenvalue weighted by Crippen LogP contribution is -2.58. The van der Waals surface area contributed by atoms with Gasteiger partial charge in [-0.25, -0.2) is 4.79 Å². The minimum Gasteiger partial charge on any atom is -0.351 e. The average Bonchev–Trinajstić information content (AvgIpc) is 2.20. The standard InChI is InChI=1S/C14H22N2O3/c1-9-7-11(17)8-10(2)14(9,19-6)16-12(18)15-13(3,4)5/h7-8H,1-6H3,(H2,15,16,18). The predicted molar refractivity (Wildman–Crippen MR) is 73.7 cm³/mol. The lowest BCUT2D eigenvalue weighted by molar-refractivity contribution is -0.111. The molecular formula is C14H22N2O3. The number of amides is 2. The molecule has 2 amide bonds. The summed E-state index contributed by atoms with van der Waals surface area (Å²) in [5, 5.41) is 5.61. The number of carbonyl (C=O) groups is 2. The van der Waals surface area contributed by atoms with E-state index in [4.69, 9.17) is 4.74 Å². The molecule has 0 aromatic heterocycles. The summed E-state index contributed by atoms with van der Waals surface area (Å²) >= 11 is 0. The van der Waals surface area contributed by atoms with E-state index in [0.29, 0.717) is 11.1 Å². The second-order valence-corrected chi connectivity index (χ2v) is 5.77. The van der Waals surface area contributed by atoms with Crippen LogP contribution in [0.3, 0.4) is 0 Å². The summed E-state index contributed by atoms with van der Waals surface area (Å²) in [6.07, 6.45) is 2.93. The summed E-state index contributed by atoms with van der Waals surface area (Å²) in [7, 11) is 1.50. The largest absolute Gasteiger partial charge is 0.351 e. The molecule has 19 heavy (non-hydrogen) atoms. The first kappa shape index (κ1) is 15.4. The fourth-order valence-electron chi connectivity index (χ4n) is 2.08. The van der Waals surface area contributed by atoms with Crippen LogP contribution in [0.15, 0.2) is 23.3 Å². The molecule has 0 aliphatic heterocycles. The van der Waals surface area contributed by atoms with Crippen molar-refractivity contribution in [3.05, 3.63) is 23.3 Å². The molecule has 0 spiro atoms. The Labute approximate surface area is 114 Å². The molecule has 2 N–H and O–H groups in total. The molecule has 5 heteroatoms. The highest BCUT2D eigenvalue weighted by Crippen LogP contribution is 2.29. The molecule has 0 aromatic rings. The number of hydrogen-bond acceptors (Lipinski definition) is 3. The van der Waals surface area contributed by atoms with Crippen LogP contribution in [-0.4, -0.2) is 30.2 Å². The van der Waals surface area contributed by atoms with E-state index < -0.39 is 5.72 Å². The molecule has 0 radical (unpaired) electrons. The monoisotopic (exact) mass is 266 g/mol. The van der Waals surface area contributed by atoms with Gasteiger partial charge in [-0.2, -0.15) is 0 Å². The first-order valence-electron chi connectivity index (χ1n) is 6.18. The molecule has 0 fully saturated rings. The Kier molecular flexibility index (Phi) is 4.20. The van der Waals surface area contributed by atoms with E-state index in [1.54, 1.807) is 13.8 Å². The third kappa shape index (κ3) is 3.44. The molecule has 1 aliphatic carbocycles. The van der Waals surface area contributed by atoms with Gasteiger partial charge in [0.2, 0.25) is 0 Å². The summed E-state index contributed by atoms with van der Waals surface area (Å²) in [4.78, 5) is 23.5. The Balaban J connectivity index is 3.00. The Hall–Kier alpha value is -1.62. The number of allylic oxidation sites excluding steroid dienone is 2. The molecular weight excluding hydrogens is 244 g/mol. The van der Waals surface area contributed by atoms with E-state index >= 15 is 0 Å². The molecule has 5 nitrogen and oxygen atoms in total. The van der Waals surface area contributed by atoms with Crippen LogP contribution in [0.4, 0.5) is 4.79 Å². The Morgan fingerprint density at radius 1 is 1.21 bits per heavy atom. The van der Waals surface area contributed by atoms with E-state index in [9.17, 15) is 9.59 Å². The normalized spacial score (nSPS) is 18.5. The zero-order valence-electron chi connectivity index (χ0n) is 12.4. The van der Waals surface area contributed by atoms with Gasteiger partial charge in [-0.1, -0.05) is 0 Å². The van der Waals surface area contributed by atoms with Crippen molar-refractivity contribution < 1.29 is 14.3 Å². The van der Waals surface area contributed by atoms with E-state index in [1.165, 1.54) is 19.3 Å². The van der Waals surface area contributed by atoms with Crippen LogP contribution in [0.2, 0.25) is 0 Å². The van der Waals surface area contributed by atoms with Gasteiger partial charge in [0.1, 0.15) is 0 Å². The Morgan fingerprint density at radius 3 is 2.05 bits per heavy atom.